The van der Waals surface area contributed by atoms with Gasteiger partial charge in [0.15, 0.2) is 5.69 Å². The van der Waals surface area contributed by atoms with E-state index in [-0.39, 0.29) is 6.61 Å². The molecule has 2 aromatic carbocycles. The van der Waals surface area contributed by atoms with Gasteiger partial charge in [-0.3, -0.25) is 0 Å². The molecule has 0 spiro atoms. The Kier molecular flexibility index (Phi) is 5.29. The molecule has 0 aliphatic rings. The summed E-state index contributed by atoms with van der Waals surface area (Å²) in [6.45, 7) is 6.22. The van der Waals surface area contributed by atoms with Crippen LogP contribution in [0.4, 0.5) is 5.69 Å². The molecule has 0 bridgehead atoms. The van der Waals surface area contributed by atoms with Crippen molar-refractivity contribution in [2.45, 2.75) is 20.5 Å². The van der Waals surface area contributed by atoms with E-state index >= 15 is 0 Å². The molecule has 7 nitrogen and oxygen atoms in total. The highest BCUT2D eigenvalue weighted by atomic mass is 16.5. The molecule has 0 atom stereocenters. The van der Waals surface area contributed by atoms with E-state index in [1.165, 1.54) is 4.68 Å². The van der Waals surface area contributed by atoms with Gasteiger partial charge >= 0.3 is 5.63 Å². The highest BCUT2D eigenvalue weighted by molar-refractivity contribution is 5.82. The summed E-state index contributed by atoms with van der Waals surface area (Å²) in [4.78, 5) is 14.7. The molecule has 0 saturated carbocycles. The number of hydrogen-bond acceptors (Lipinski definition) is 6. The molecule has 148 valence electrons. The smallest absolute Gasteiger partial charge is 0.362 e. The second-order valence-electron chi connectivity index (χ2n) is 6.57. The van der Waals surface area contributed by atoms with Gasteiger partial charge in [-0.25, -0.2) is 9.48 Å². The molecule has 0 amide bonds. The summed E-state index contributed by atoms with van der Waals surface area (Å²) in [5.74, 6) is 0.747. The van der Waals surface area contributed by atoms with Gasteiger partial charge in [0.2, 0.25) is 0 Å². The van der Waals surface area contributed by atoms with Crippen LogP contribution in [-0.2, 0) is 6.61 Å². The fourth-order valence-electron chi connectivity index (χ4n) is 3.19. The number of nitrogens with zero attached hydrogens (tertiary/aromatic N) is 4. The lowest BCUT2D eigenvalue weighted by Gasteiger charge is -2.20. The molecule has 0 aliphatic heterocycles. The lowest BCUT2D eigenvalue weighted by atomic mass is 10.2. The molecule has 2 heterocycles. The first-order valence-electron chi connectivity index (χ1n) is 9.60. The fraction of sp³-hybridized carbons (Fsp3) is 0.227. The molecule has 0 radical (unpaired) electrons. The van der Waals surface area contributed by atoms with Crippen molar-refractivity contribution < 1.29 is 9.15 Å². The molecule has 0 aliphatic carbocycles. The molecule has 0 unspecified atom stereocenters. The van der Waals surface area contributed by atoms with Crippen molar-refractivity contribution in [1.29, 1.82) is 0 Å². The standard InChI is InChI=1S/C22H22N4O3/c1-3-25(4-2)18-11-10-16-12-20(22(27)29-21(16)13-18)26-14-17(23-24-26)15-28-19-8-6-5-7-9-19/h5-14H,3-4,15H2,1-2H3. The van der Waals surface area contributed by atoms with E-state index in [2.05, 4.69) is 29.1 Å². The minimum Gasteiger partial charge on any atom is -0.487 e. The first-order chi connectivity index (χ1) is 14.2. The van der Waals surface area contributed by atoms with E-state index in [4.69, 9.17) is 9.15 Å². The lowest BCUT2D eigenvalue weighted by Crippen LogP contribution is -2.21. The molecule has 4 aromatic rings. The van der Waals surface area contributed by atoms with Gasteiger partial charge in [-0.05, 0) is 44.2 Å². The molecule has 4 rings (SSSR count). The van der Waals surface area contributed by atoms with Crippen LogP contribution in [0.1, 0.15) is 19.5 Å². The van der Waals surface area contributed by atoms with Crippen molar-refractivity contribution in [3.63, 3.8) is 0 Å². The second kappa shape index (κ2) is 8.18. The number of anilines is 1. The van der Waals surface area contributed by atoms with Crippen LogP contribution < -0.4 is 15.3 Å². The number of para-hydroxylation sites is 1. The molecule has 0 N–H and O–H groups in total. The van der Waals surface area contributed by atoms with Crippen LogP contribution in [0.2, 0.25) is 0 Å². The van der Waals surface area contributed by atoms with Gasteiger partial charge in [-0.15, -0.1) is 5.10 Å². The predicted octanol–water partition coefficient (Wildman–Crippen LogP) is 3.80. The maximum atomic E-state index is 12.5. The van der Waals surface area contributed by atoms with Crippen LogP contribution >= 0.6 is 0 Å². The Bertz CT molecular complexity index is 1160. The number of benzene rings is 2. The van der Waals surface area contributed by atoms with Crippen molar-refractivity contribution in [2.24, 2.45) is 0 Å². The van der Waals surface area contributed by atoms with Crippen LogP contribution in [0.3, 0.4) is 0 Å². The van der Waals surface area contributed by atoms with Crippen LogP contribution in [0.15, 0.2) is 70.0 Å². The summed E-state index contributed by atoms with van der Waals surface area (Å²) >= 11 is 0. The average molecular weight is 390 g/mol. The third-order valence-electron chi connectivity index (χ3n) is 4.75. The van der Waals surface area contributed by atoms with E-state index < -0.39 is 5.63 Å². The minimum absolute atomic E-state index is 0.260. The zero-order valence-electron chi connectivity index (χ0n) is 16.4. The number of hydrogen-bond donors (Lipinski definition) is 0. The Hall–Kier alpha value is -3.61. The van der Waals surface area contributed by atoms with Crippen molar-refractivity contribution >= 4 is 16.7 Å². The Balaban J connectivity index is 1.59. The minimum atomic E-state index is -0.463. The molecular formula is C22H22N4O3. The van der Waals surface area contributed by atoms with Gasteiger partial charge < -0.3 is 14.1 Å². The van der Waals surface area contributed by atoms with Crippen molar-refractivity contribution in [1.82, 2.24) is 15.0 Å². The highest BCUT2D eigenvalue weighted by Crippen LogP contribution is 2.22. The summed E-state index contributed by atoms with van der Waals surface area (Å²) in [7, 11) is 0. The van der Waals surface area contributed by atoms with E-state index in [0.29, 0.717) is 17.0 Å². The average Bonchev–Trinajstić information content (AvgIpc) is 3.22. The highest BCUT2D eigenvalue weighted by Gasteiger charge is 2.12. The van der Waals surface area contributed by atoms with E-state index in [0.717, 1.165) is 29.9 Å². The Morgan fingerprint density at radius 2 is 1.86 bits per heavy atom. The summed E-state index contributed by atoms with van der Waals surface area (Å²) in [6, 6.07) is 17.1. The quantitative estimate of drug-likeness (QED) is 0.447. The van der Waals surface area contributed by atoms with Gasteiger partial charge in [-0.2, -0.15) is 0 Å². The predicted molar refractivity (Wildman–Crippen MR) is 112 cm³/mol. The van der Waals surface area contributed by atoms with Crippen molar-refractivity contribution in [3.05, 3.63) is 76.9 Å². The molecule has 29 heavy (non-hydrogen) atoms. The Morgan fingerprint density at radius 1 is 1.07 bits per heavy atom. The topological polar surface area (TPSA) is 73.4 Å². The van der Waals surface area contributed by atoms with Crippen LogP contribution in [0.5, 0.6) is 5.75 Å². The number of fused-ring (bicyclic) bond motifs is 1. The van der Waals surface area contributed by atoms with Gasteiger partial charge in [0, 0.05) is 30.2 Å². The summed E-state index contributed by atoms with van der Waals surface area (Å²) < 4.78 is 12.7. The Labute approximate surface area is 168 Å². The first-order valence-corrected chi connectivity index (χ1v) is 9.60. The largest absolute Gasteiger partial charge is 0.487 e. The van der Waals surface area contributed by atoms with Gasteiger partial charge in [0.1, 0.15) is 23.6 Å². The maximum Gasteiger partial charge on any atom is 0.362 e. The van der Waals surface area contributed by atoms with Crippen LogP contribution in [0, 0.1) is 0 Å². The molecular weight excluding hydrogens is 368 g/mol. The summed E-state index contributed by atoms with van der Waals surface area (Å²) in [5.41, 5.74) is 2.04. The van der Waals surface area contributed by atoms with E-state index in [1.54, 1.807) is 12.3 Å². The molecule has 2 aromatic heterocycles. The van der Waals surface area contributed by atoms with Crippen molar-refractivity contribution in [3.8, 4) is 11.4 Å². The third kappa shape index (κ3) is 3.99. The zero-order valence-corrected chi connectivity index (χ0v) is 16.4. The van der Waals surface area contributed by atoms with E-state index in [1.807, 2.05) is 48.5 Å². The Morgan fingerprint density at radius 3 is 2.62 bits per heavy atom. The van der Waals surface area contributed by atoms with Crippen LogP contribution in [0.25, 0.3) is 16.7 Å². The summed E-state index contributed by atoms with van der Waals surface area (Å²) in [5, 5.41) is 8.97. The van der Waals surface area contributed by atoms with E-state index in [9.17, 15) is 4.79 Å². The number of rotatable bonds is 7. The SMILES string of the molecule is CCN(CC)c1ccc2cc(-n3cc(COc4ccccc4)nn3)c(=O)oc2c1. The lowest BCUT2D eigenvalue weighted by molar-refractivity contribution is 0.301. The molecule has 7 heteroatoms. The monoisotopic (exact) mass is 390 g/mol. The van der Waals surface area contributed by atoms with Crippen LogP contribution in [-0.4, -0.2) is 28.1 Å². The first kappa shape index (κ1) is 18.7. The summed E-state index contributed by atoms with van der Waals surface area (Å²) in [6.07, 6.45) is 1.67. The van der Waals surface area contributed by atoms with Crippen molar-refractivity contribution in [2.75, 3.05) is 18.0 Å². The van der Waals surface area contributed by atoms with Gasteiger partial charge in [0.25, 0.3) is 0 Å². The molecule has 0 saturated heterocycles. The molecule has 0 fully saturated rings. The third-order valence-corrected chi connectivity index (χ3v) is 4.75. The van der Waals surface area contributed by atoms with Gasteiger partial charge in [-0.1, -0.05) is 23.4 Å². The fourth-order valence-corrected chi connectivity index (χ4v) is 3.19. The zero-order chi connectivity index (χ0) is 20.2. The number of ether oxygens (including phenoxy) is 1. The normalized spacial score (nSPS) is 11.0. The maximum absolute atomic E-state index is 12.5. The second-order valence-corrected chi connectivity index (χ2v) is 6.57. The number of aromatic nitrogens is 3. The van der Waals surface area contributed by atoms with Gasteiger partial charge in [0.05, 0.1) is 6.20 Å².